The van der Waals surface area contributed by atoms with Crippen molar-refractivity contribution in [3.63, 3.8) is 0 Å². The molecular formula is C16H22FN3O. The minimum absolute atomic E-state index is 0.262. The number of aromatic nitrogens is 2. The van der Waals surface area contributed by atoms with E-state index in [1.807, 2.05) is 12.3 Å². The Morgan fingerprint density at radius 2 is 2.14 bits per heavy atom. The van der Waals surface area contributed by atoms with Crippen molar-refractivity contribution in [3.05, 3.63) is 47.5 Å². The van der Waals surface area contributed by atoms with Crippen molar-refractivity contribution in [3.8, 4) is 5.75 Å². The van der Waals surface area contributed by atoms with Crippen molar-refractivity contribution in [2.24, 2.45) is 5.92 Å². The minimum atomic E-state index is -0.324. The lowest BCUT2D eigenvalue weighted by molar-refractivity contribution is 0.383. The van der Waals surface area contributed by atoms with Crippen molar-refractivity contribution in [2.45, 2.75) is 26.9 Å². The predicted octanol–water partition coefficient (Wildman–Crippen LogP) is 2.82. The largest absolute Gasteiger partial charge is 0.494 e. The third kappa shape index (κ3) is 4.29. The fourth-order valence-corrected chi connectivity index (χ4v) is 2.09. The second-order valence-electron chi connectivity index (χ2n) is 5.46. The molecule has 21 heavy (non-hydrogen) atoms. The molecule has 114 valence electrons. The van der Waals surface area contributed by atoms with Crippen LogP contribution in [0.3, 0.4) is 0 Å². The highest BCUT2D eigenvalue weighted by Gasteiger charge is 2.09. The smallest absolute Gasteiger partial charge is 0.170 e. The van der Waals surface area contributed by atoms with Gasteiger partial charge >= 0.3 is 0 Å². The number of benzene rings is 1. The summed E-state index contributed by atoms with van der Waals surface area (Å²) in [4.78, 5) is 0. The number of rotatable bonds is 7. The molecule has 1 heterocycles. The van der Waals surface area contributed by atoms with Gasteiger partial charge in [-0.05, 0) is 24.6 Å². The standard InChI is InChI=1S/C16H22FN3O/c1-12(2)9-18-10-14-7-8-20(19-14)11-13-5-4-6-15(21-3)16(13)17/h4-8,12,18H,9-11H2,1-3H3. The third-order valence-corrected chi connectivity index (χ3v) is 3.15. The summed E-state index contributed by atoms with van der Waals surface area (Å²) < 4.78 is 20.8. The van der Waals surface area contributed by atoms with Crippen LogP contribution in [0.5, 0.6) is 5.75 Å². The number of hydrogen-bond donors (Lipinski definition) is 1. The molecule has 0 saturated heterocycles. The summed E-state index contributed by atoms with van der Waals surface area (Å²) in [5.74, 6) is 0.548. The summed E-state index contributed by atoms with van der Waals surface area (Å²) in [6.07, 6.45) is 1.87. The average molecular weight is 291 g/mol. The van der Waals surface area contributed by atoms with E-state index in [1.54, 1.807) is 22.9 Å². The van der Waals surface area contributed by atoms with Crippen LogP contribution in [0.15, 0.2) is 30.5 Å². The van der Waals surface area contributed by atoms with Crippen LogP contribution in [-0.4, -0.2) is 23.4 Å². The first-order valence-electron chi connectivity index (χ1n) is 7.14. The fraction of sp³-hybridized carbons (Fsp3) is 0.438. The zero-order chi connectivity index (χ0) is 15.2. The Balaban J connectivity index is 1.99. The van der Waals surface area contributed by atoms with E-state index in [4.69, 9.17) is 4.74 Å². The van der Waals surface area contributed by atoms with Crippen LogP contribution >= 0.6 is 0 Å². The van der Waals surface area contributed by atoms with Gasteiger partial charge in [-0.3, -0.25) is 4.68 Å². The quantitative estimate of drug-likeness (QED) is 0.852. The summed E-state index contributed by atoms with van der Waals surface area (Å²) in [6.45, 7) is 6.41. The molecule has 4 nitrogen and oxygen atoms in total. The van der Waals surface area contributed by atoms with Crippen LogP contribution in [0.1, 0.15) is 25.1 Å². The van der Waals surface area contributed by atoms with Gasteiger partial charge in [0.05, 0.1) is 19.3 Å². The second kappa shape index (κ2) is 7.22. The summed E-state index contributed by atoms with van der Waals surface area (Å²) in [6, 6.07) is 7.09. The number of ether oxygens (including phenoxy) is 1. The molecule has 0 aliphatic heterocycles. The zero-order valence-corrected chi connectivity index (χ0v) is 12.8. The van der Waals surface area contributed by atoms with Crippen LogP contribution < -0.4 is 10.1 Å². The maximum absolute atomic E-state index is 14.1. The van der Waals surface area contributed by atoms with Crippen LogP contribution in [0.2, 0.25) is 0 Å². The Hall–Kier alpha value is -1.88. The molecule has 0 bridgehead atoms. The Bertz CT molecular complexity index is 581. The molecule has 0 aliphatic rings. The Kier molecular flexibility index (Phi) is 5.33. The SMILES string of the molecule is COc1cccc(Cn2ccc(CNCC(C)C)n2)c1F. The van der Waals surface area contributed by atoms with Gasteiger partial charge < -0.3 is 10.1 Å². The highest BCUT2D eigenvalue weighted by Crippen LogP contribution is 2.20. The molecule has 5 heteroatoms. The molecule has 1 aromatic carbocycles. The summed E-state index contributed by atoms with van der Waals surface area (Å²) in [5, 5.41) is 7.78. The lowest BCUT2D eigenvalue weighted by Gasteiger charge is -2.08. The van der Waals surface area contributed by atoms with E-state index in [0.29, 0.717) is 18.0 Å². The fourth-order valence-electron chi connectivity index (χ4n) is 2.09. The van der Waals surface area contributed by atoms with Gasteiger partial charge in [0.15, 0.2) is 11.6 Å². The van der Waals surface area contributed by atoms with Crippen molar-refractivity contribution >= 4 is 0 Å². The van der Waals surface area contributed by atoms with Gasteiger partial charge in [-0.2, -0.15) is 5.10 Å². The van der Waals surface area contributed by atoms with Gasteiger partial charge in [-0.1, -0.05) is 26.0 Å². The highest BCUT2D eigenvalue weighted by atomic mass is 19.1. The number of nitrogens with zero attached hydrogens (tertiary/aromatic N) is 2. The van der Waals surface area contributed by atoms with Crippen molar-refractivity contribution < 1.29 is 9.13 Å². The predicted molar refractivity (Wildman–Crippen MR) is 80.8 cm³/mol. The molecule has 2 rings (SSSR count). The molecular weight excluding hydrogens is 269 g/mol. The summed E-state index contributed by atoms with van der Waals surface area (Å²) >= 11 is 0. The lowest BCUT2D eigenvalue weighted by Crippen LogP contribution is -2.19. The molecule has 0 saturated carbocycles. The molecule has 1 aromatic heterocycles. The number of nitrogens with one attached hydrogen (secondary N) is 1. The van der Waals surface area contributed by atoms with Crippen LogP contribution in [0, 0.1) is 11.7 Å². The Morgan fingerprint density at radius 3 is 2.86 bits per heavy atom. The topological polar surface area (TPSA) is 39.1 Å². The first-order valence-corrected chi connectivity index (χ1v) is 7.14. The van der Waals surface area contributed by atoms with E-state index >= 15 is 0 Å². The van der Waals surface area contributed by atoms with E-state index in [2.05, 4.69) is 24.3 Å². The van der Waals surface area contributed by atoms with Crippen LogP contribution in [-0.2, 0) is 13.1 Å². The third-order valence-electron chi connectivity index (χ3n) is 3.15. The minimum Gasteiger partial charge on any atom is -0.494 e. The molecule has 0 amide bonds. The molecule has 2 aromatic rings. The van der Waals surface area contributed by atoms with Gasteiger partial charge in [0.1, 0.15) is 0 Å². The van der Waals surface area contributed by atoms with Crippen LogP contribution in [0.25, 0.3) is 0 Å². The van der Waals surface area contributed by atoms with Gasteiger partial charge in [0, 0.05) is 18.3 Å². The lowest BCUT2D eigenvalue weighted by atomic mass is 10.2. The van der Waals surface area contributed by atoms with E-state index in [9.17, 15) is 4.39 Å². The summed E-state index contributed by atoms with van der Waals surface area (Å²) in [7, 11) is 1.47. The molecule has 0 aliphatic carbocycles. The maximum Gasteiger partial charge on any atom is 0.170 e. The van der Waals surface area contributed by atoms with Crippen molar-refractivity contribution in [1.29, 1.82) is 0 Å². The molecule has 0 spiro atoms. The van der Waals surface area contributed by atoms with Gasteiger partial charge in [-0.15, -0.1) is 0 Å². The maximum atomic E-state index is 14.1. The van der Waals surface area contributed by atoms with Gasteiger partial charge in [0.2, 0.25) is 0 Å². The molecule has 1 N–H and O–H groups in total. The van der Waals surface area contributed by atoms with E-state index in [1.165, 1.54) is 7.11 Å². The first kappa shape index (κ1) is 15.5. The Morgan fingerprint density at radius 1 is 1.33 bits per heavy atom. The van der Waals surface area contributed by atoms with E-state index < -0.39 is 0 Å². The van der Waals surface area contributed by atoms with Crippen molar-refractivity contribution in [2.75, 3.05) is 13.7 Å². The highest BCUT2D eigenvalue weighted by molar-refractivity contribution is 5.31. The number of halogens is 1. The normalized spacial score (nSPS) is 11.1. The molecule has 0 fully saturated rings. The first-order chi connectivity index (χ1) is 10.1. The monoisotopic (exact) mass is 291 g/mol. The van der Waals surface area contributed by atoms with Gasteiger partial charge in [0.25, 0.3) is 0 Å². The van der Waals surface area contributed by atoms with E-state index in [-0.39, 0.29) is 11.6 Å². The second-order valence-corrected chi connectivity index (χ2v) is 5.46. The molecule has 0 radical (unpaired) electrons. The zero-order valence-electron chi connectivity index (χ0n) is 12.8. The molecule has 0 unspecified atom stereocenters. The van der Waals surface area contributed by atoms with E-state index in [0.717, 1.165) is 18.8 Å². The van der Waals surface area contributed by atoms with Crippen molar-refractivity contribution in [1.82, 2.24) is 15.1 Å². The van der Waals surface area contributed by atoms with Crippen LogP contribution in [0.4, 0.5) is 4.39 Å². The Labute approximate surface area is 124 Å². The van der Waals surface area contributed by atoms with Gasteiger partial charge in [-0.25, -0.2) is 4.39 Å². The number of methoxy groups -OCH3 is 1. The number of hydrogen-bond acceptors (Lipinski definition) is 3. The molecule has 0 atom stereocenters. The average Bonchev–Trinajstić information content (AvgIpc) is 2.88. The summed E-state index contributed by atoms with van der Waals surface area (Å²) in [5.41, 5.74) is 1.53.